The third kappa shape index (κ3) is 2.30. The van der Waals surface area contributed by atoms with Gasteiger partial charge in [0.1, 0.15) is 13.1 Å². The predicted octanol–water partition coefficient (Wildman–Crippen LogP) is -0.668. The lowest BCUT2D eigenvalue weighted by molar-refractivity contribution is -0.141. The molecule has 0 saturated heterocycles. The molecular formula is C12H10N2O6. The van der Waals surface area contributed by atoms with E-state index >= 15 is 0 Å². The summed E-state index contributed by atoms with van der Waals surface area (Å²) in [5.41, 5.74) is -1.44. The van der Waals surface area contributed by atoms with Gasteiger partial charge in [-0.2, -0.15) is 0 Å². The number of carbonyl (C=O) groups is 2. The number of carboxylic acids is 2. The molecule has 0 aliphatic heterocycles. The Morgan fingerprint density at radius 1 is 0.850 bits per heavy atom. The molecule has 0 unspecified atom stereocenters. The van der Waals surface area contributed by atoms with E-state index in [0.717, 1.165) is 0 Å². The maximum Gasteiger partial charge on any atom is 0.325 e. The Balaban J connectivity index is 2.88. The van der Waals surface area contributed by atoms with Crippen molar-refractivity contribution in [1.29, 1.82) is 0 Å². The molecule has 1 heterocycles. The minimum atomic E-state index is -1.35. The minimum absolute atomic E-state index is 0.0559. The Kier molecular flexibility index (Phi) is 3.38. The second-order valence-corrected chi connectivity index (χ2v) is 4.06. The van der Waals surface area contributed by atoms with E-state index in [9.17, 15) is 19.2 Å². The first-order chi connectivity index (χ1) is 9.41. The van der Waals surface area contributed by atoms with E-state index in [2.05, 4.69) is 0 Å². The Bertz CT molecular complexity index is 748. The molecule has 20 heavy (non-hydrogen) atoms. The summed E-state index contributed by atoms with van der Waals surface area (Å²) in [4.78, 5) is 45.9. The van der Waals surface area contributed by atoms with Gasteiger partial charge in [-0.3, -0.25) is 19.2 Å². The first-order valence-electron chi connectivity index (χ1n) is 5.58. The summed E-state index contributed by atoms with van der Waals surface area (Å²) in [6.07, 6.45) is 0. The summed E-state index contributed by atoms with van der Waals surface area (Å²) in [7, 11) is 0. The number of aliphatic carboxylic acids is 2. The van der Waals surface area contributed by atoms with Gasteiger partial charge < -0.3 is 10.2 Å². The molecule has 0 saturated carbocycles. The van der Waals surface area contributed by atoms with E-state index in [0.29, 0.717) is 9.36 Å². The van der Waals surface area contributed by atoms with Crippen LogP contribution in [0.15, 0.2) is 33.9 Å². The second kappa shape index (κ2) is 5.00. The van der Waals surface area contributed by atoms with Crippen LogP contribution in [0.25, 0.3) is 10.8 Å². The molecule has 1 aromatic carbocycles. The number of nitrogens with zero attached hydrogens (tertiary/aromatic N) is 2. The van der Waals surface area contributed by atoms with Crippen LogP contribution in [0.2, 0.25) is 0 Å². The van der Waals surface area contributed by atoms with Crippen molar-refractivity contribution in [2.45, 2.75) is 13.1 Å². The van der Waals surface area contributed by atoms with Crippen molar-refractivity contribution in [3.8, 4) is 0 Å². The molecule has 0 bridgehead atoms. The Labute approximate surface area is 111 Å². The molecule has 2 aromatic rings. The van der Waals surface area contributed by atoms with E-state index in [4.69, 9.17) is 10.2 Å². The SMILES string of the molecule is O=C(O)Cn1c(=O)c2ccccc2c(=O)n1CC(=O)O. The van der Waals surface area contributed by atoms with E-state index in [-0.39, 0.29) is 10.8 Å². The van der Waals surface area contributed by atoms with Crippen LogP contribution in [-0.4, -0.2) is 31.5 Å². The lowest BCUT2D eigenvalue weighted by Crippen LogP contribution is -2.41. The van der Waals surface area contributed by atoms with Crippen LogP contribution < -0.4 is 11.1 Å². The highest BCUT2D eigenvalue weighted by atomic mass is 16.4. The molecular weight excluding hydrogens is 268 g/mol. The topological polar surface area (TPSA) is 119 Å². The highest BCUT2D eigenvalue weighted by Crippen LogP contribution is 2.04. The Morgan fingerprint density at radius 3 is 1.50 bits per heavy atom. The van der Waals surface area contributed by atoms with Crippen LogP contribution in [-0.2, 0) is 22.7 Å². The maximum absolute atomic E-state index is 12.2. The predicted molar refractivity (Wildman–Crippen MR) is 67.7 cm³/mol. The maximum atomic E-state index is 12.2. The number of carboxylic acid groups (broad SMARTS) is 2. The molecule has 0 fully saturated rings. The van der Waals surface area contributed by atoms with Crippen molar-refractivity contribution in [1.82, 2.24) is 9.36 Å². The third-order valence-electron chi connectivity index (χ3n) is 2.72. The lowest BCUT2D eigenvalue weighted by Gasteiger charge is -2.13. The van der Waals surface area contributed by atoms with Gasteiger partial charge in [-0.05, 0) is 12.1 Å². The summed E-state index contributed by atoms with van der Waals surface area (Å²) in [6, 6.07) is 5.86. The summed E-state index contributed by atoms with van der Waals surface area (Å²) in [5.74, 6) is -2.69. The quantitative estimate of drug-likeness (QED) is 0.765. The molecule has 2 rings (SSSR count). The minimum Gasteiger partial charge on any atom is -0.480 e. The van der Waals surface area contributed by atoms with Gasteiger partial charge in [0.2, 0.25) is 0 Å². The number of rotatable bonds is 4. The molecule has 104 valence electrons. The first-order valence-corrected chi connectivity index (χ1v) is 5.58. The average molecular weight is 278 g/mol. The normalized spacial score (nSPS) is 10.6. The van der Waals surface area contributed by atoms with Crippen molar-refractivity contribution < 1.29 is 19.8 Å². The first kappa shape index (κ1) is 13.5. The number of benzene rings is 1. The smallest absolute Gasteiger partial charge is 0.325 e. The molecule has 8 nitrogen and oxygen atoms in total. The van der Waals surface area contributed by atoms with E-state index in [1.807, 2.05) is 0 Å². The highest BCUT2D eigenvalue weighted by molar-refractivity contribution is 5.81. The molecule has 8 heteroatoms. The van der Waals surface area contributed by atoms with Crippen molar-refractivity contribution >= 4 is 22.7 Å². The molecule has 2 N–H and O–H groups in total. The highest BCUT2D eigenvalue weighted by Gasteiger charge is 2.16. The third-order valence-corrected chi connectivity index (χ3v) is 2.72. The van der Waals surface area contributed by atoms with Gasteiger partial charge in [0, 0.05) is 0 Å². The molecule has 1 aromatic heterocycles. The zero-order valence-electron chi connectivity index (χ0n) is 10.1. The van der Waals surface area contributed by atoms with E-state index in [1.54, 1.807) is 0 Å². The molecule has 0 aliphatic rings. The molecule has 0 radical (unpaired) electrons. The fourth-order valence-corrected chi connectivity index (χ4v) is 1.92. The zero-order chi connectivity index (χ0) is 14.9. The van der Waals surface area contributed by atoms with Gasteiger partial charge in [-0.25, -0.2) is 9.36 Å². The monoisotopic (exact) mass is 278 g/mol. The van der Waals surface area contributed by atoms with Crippen LogP contribution >= 0.6 is 0 Å². The van der Waals surface area contributed by atoms with Gasteiger partial charge in [0.15, 0.2) is 0 Å². The van der Waals surface area contributed by atoms with Crippen LogP contribution in [0.3, 0.4) is 0 Å². The molecule has 0 amide bonds. The zero-order valence-corrected chi connectivity index (χ0v) is 10.1. The molecule has 0 atom stereocenters. The number of fused-ring (bicyclic) bond motifs is 1. The van der Waals surface area contributed by atoms with E-state index in [1.165, 1.54) is 24.3 Å². The van der Waals surface area contributed by atoms with Gasteiger partial charge in [-0.15, -0.1) is 0 Å². The number of hydrogen-bond acceptors (Lipinski definition) is 4. The van der Waals surface area contributed by atoms with E-state index < -0.39 is 36.1 Å². The van der Waals surface area contributed by atoms with Crippen LogP contribution in [0.5, 0.6) is 0 Å². The van der Waals surface area contributed by atoms with Crippen LogP contribution in [0.1, 0.15) is 0 Å². The Hall–Kier alpha value is -2.90. The Morgan fingerprint density at radius 2 is 1.20 bits per heavy atom. The van der Waals surface area contributed by atoms with Crippen molar-refractivity contribution in [2.75, 3.05) is 0 Å². The second-order valence-electron chi connectivity index (χ2n) is 4.06. The van der Waals surface area contributed by atoms with Crippen molar-refractivity contribution in [3.63, 3.8) is 0 Å². The lowest BCUT2D eigenvalue weighted by atomic mass is 10.2. The van der Waals surface area contributed by atoms with Crippen molar-refractivity contribution in [3.05, 3.63) is 45.0 Å². The number of hydrogen-bond donors (Lipinski definition) is 2. The molecule has 0 aliphatic carbocycles. The fraction of sp³-hybridized carbons (Fsp3) is 0.167. The molecule has 0 spiro atoms. The van der Waals surface area contributed by atoms with Gasteiger partial charge >= 0.3 is 11.9 Å². The average Bonchev–Trinajstić information content (AvgIpc) is 2.39. The number of aromatic nitrogens is 2. The van der Waals surface area contributed by atoms with Crippen LogP contribution in [0.4, 0.5) is 0 Å². The standard InChI is InChI=1S/C12H10N2O6/c15-9(16)5-13-11(19)7-3-1-2-4-8(7)12(20)14(13)6-10(17)18/h1-4H,5-6H2,(H,15,16)(H,17,18). The van der Waals surface area contributed by atoms with Gasteiger partial charge in [-0.1, -0.05) is 12.1 Å². The summed E-state index contributed by atoms with van der Waals surface area (Å²) in [5, 5.41) is 17.7. The van der Waals surface area contributed by atoms with Crippen LogP contribution in [0, 0.1) is 0 Å². The van der Waals surface area contributed by atoms with Gasteiger partial charge in [0.25, 0.3) is 11.1 Å². The summed E-state index contributed by atoms with van der Waals surface area (Å²) >= 11 is 0. The van der Waals surface area contributed by atoms with Crippen molar-refractivity contribution in [2.24, 2.45) is 0 Å². The largest absolute Gasteiger partial charge is 0.480 e. The summed E-state index contributed by atoms with van der Waals surface area (Å²) < 4.78 is 1.25. The summed E-state index contributed by atoms with van der Waals surface area (Å²) in [6.45, 7) is -1.57. The fourth-order valence-electron chi connectivity index (χ4n) is 1.92. The van der Waals surface area contributed by atoms with Gasteiger partial charge in [0.05, 0.1) is 10.8 Å².